The molecule has 188 valence electrons. The normalized spacial score (nSPS) is 28.2. The Kier molecular flexibility index (Phi) is 5.92. The summed E-state index contributed by atoms with van der Waals surface area (Å²) in [6.45, 7) is 6.46. The van der Waals surface area contributed by atoms with Gasteiger partial charge in [-0.15, -0.1) is 0 Å². The molecule has 5 rings (SSSR count). The molecule has 1 spiro atoms. The predicted octanol–water partition coefficient (Wildman–Crippen LogP) is 7.92. The standard InChI is InChI=1S/C29H34F3NO2/c1-4-6-24(18-8-11-20(12-9-18)29(30,31)32)33-25-13-10-19(17(2)3)15-22(25)21-7-5-14-28(26(21)33)16-23(28)27(34)35/h8-13,15,17,21,23-24,26H,4-7,14,16H2,1-3H3,(H,34,35). The van der Waals surface area contributed by atoms with Crippen molar-refractivity contribution in [1.29, 1.82) is 0 Å². The summed E-state index contributed by atoms with van der Waals surface area (Å²) in [5.74, 6) is -0.410. The molecule has 1 heterocycles. The third-order valence-electron chi connectivity index (χ3n) is 8.76. The van der Waals surface area contributed by atoms with E-state index in [2.05, 4.69) is 43.9 Å². The van der Waals surface area contributed by atoms with Crippen molar-refractivity contribution in [3.63, 3.8) is 0 Å². The predicted molar refractivity (Wildman–Crippen MR) is 131 cm³/mol. The lowest BCUT2D eigenvalue weighted by Gasteiger charge is -2.45. The Balaban J connectivity index is 1.63. The minimum Gasteiger partial charge on any atom is -0.481 e. The van der Waals surface area contributed by atoms with Gasteiger partial charge >= 0.3 is 12.1 Å². The summed E-state index contributed by atoms with van der Waals surface area (Å²) in [6.07, 6.45) is 0.948. The second-order valence-electron chi connectivity index (χ2n) is 11.1. The van der Waals surface area contributed by atoms with Crippen LogP contribution in [0.4, 0.5) is 18.9 Å². The summed E-state index contributed by atoms with van der Waals surface area (Å²) in [5, 5.41) is 9.95. The highest BCUT2D eigenvalue weighted by Gasteiger charge is 2.68. The van der Waals surface area contributed by atoms with Crippen molar-refractivity contribution < 1.29 is 23.1 Å². The first kappa shape index (κ1) is 24.2. The number of anilines is 1. The van der Waals surface area contributed by atoms with Crippen LogP contribution in [0.25, 0.3) is 0 Å². The third kappa shape index (κ3) is 3.93. The summed E-state index contributed by atoms with van der Waals surface area (Å²) >= 11 is 0. The Hall–Kier alpha value is -2.50. The maximum Gasteiger partial charge on any atom is 0.416 e. The van der Waals surface area contributed by atoms with Crippen LogP contribution in [-0.4, -0.2) is 17.1 Å². The molecule has 35 heavy (non-hydrogen) atoms. The first-order valence-corrected chi connectivity index (χ1v) is 12.9. The molecule has 3 aliphatic rings. The van der Waals surface area contributed by atoms with Gasteiger partial charge in [-0.1, -0.05) is 57.9 Å². The summed E-state index contributed by atoms with van der Waals surface area (Å²) in [4.78, 5) is 14.5. The van der Waals surface area contributed by atoms with E-state index in [0.717, 1.165) is 43.4 Å². The van der Waals surface area contributed by atoms with E-state index >= 15 is 0 Å². The van der Waals surface area contributed by atoms with Crippen molar-refractivity contribution in [2.75, 3.05) is 4.90 Å². The number of aliphatic carboxylic acids is 1. The van der Waals surface area contributed by atoms with Gasteiger partial charge < -0.3 is 10.0 Å². The van der Waals surface area contributed by atoms with Crippen LogP contribution in [0.15, 0.2) is 42.5 Å². The number of halogens is 3. The minimum absolute atomic E-state index is 0.0635. The maximum absolute atomic E-state index is 13.3. The summed E-state index contributed by atoms with van der Waals surface area (Å²) in [6, 6.07) is 12.2. The van der Waals surface area contributed by atoms with Crippen molar-refractivity contribution in [1.82, 2.24) is 0 Å². The number of alkyl halides is 3. The molecule has 2 aromatic rings. The van der Waals surface area contributed by atoms with Crippen molar-refractivity contribution in [3.8, 4) is 0 Å². The Morgan fingerprint density at radius 3 is 2.40 bits per heavy atom. The molecule has 2 aliphatic carbocycles. The second kappa shape index (κ2) is 8.56. The van der Waals surface area contributed by atoms with Crippen molar-refractivity contribution in [2.45, 2.75) is 89.4 Å². The zero-order chi connectivity index (χ0) is 25.1. The van der Waals surface area contributed by atoms with Gasteiger partial charge in [-0.2, -0.15) is 13.2 Å². The molecule has 2 fully saturated rings. The monoisotopic (exact) mass is 485 g/mol. The van der Waals surface area contributed by atoms with Gasteiger partial charge in [-0.25, -0.2) is 0 Å². The van der Waals surface area contributed by atoms with Gasteiger partial charge in [0, 0.05) is 23.1 Å². The third-order valence-corrected chi connectivity index (χ3v) is 8.76. The van der Waals surface area contributed by atoms with Crippen LogP contribution in [0.3, 0.4) is 0 Å². The molecular weight excluding hydrogens is 451 g/mol. The Labute approximate surface area is 205 Å². The van der Waals surface area contributed by atoms with E-state index in [9.17, 15) is 23.1 Å². The second-order valence-corrected chi connectivity index (χ2v) is 11.1. The molecule has 0 radical (unpaired) electrons. The summed E-state index contributed by atoms with van der Waals surface area (Å²) < 4.78 is 39.8. The van der Waals surface area contributed by atoms with Crippen molar-refractivity contribution >= 4 is 11.7 Å². The van der Waals surface area contributed by atoms with Gasteiger partial charge in [-0.3, -0.25) is 4.79 Å². The van der Waals surface area contributed by atoms with E-state index in [1.54, 1.807) is 12.1 Å². The number of nitrogens with zero attached hydrogens (tertiary/aromatic N) is 1. The van der Waals surface area contributed by atoms with Gasteiger partial charge in [0.05, 0.1) is 17.5 Å². The lowest BCUT2D eigenvalue weighted by atomic mass is 9.71. The number of carboxylic acids is 1. The van der Waals surface area contributed by atoms with E-state index in [1.165, 1.54) is 23.3 Å². The number of carbonyl (C=O) groups is 1. The average molecular weight is 486 g/mol. The maximum atomic E-state index is 13.3. The van der Waals surface area contributed by atoms with E-state index in [-0.39, 0.29) is 29.3 Å². The zero-order valence-corrected chi connectivity index (χ0v) is 20.6. The molecule has 1 aliphatic heterocycles. The van der Waals surface area contributed by atoms with Crippen LogP contribution >= 0.6 is 0 Å². The quantitative estimate of drug-likeness (QED) is 0.452. The van der Waals surface area contributed by atoms with Crippen LogP contribution in [-0.2, 0) is 11.0 Å². The van der Waals surface area contributed by atoms with Crippen molar-refractivity contribution in [2.24, 2.45) is 11.3 Å². The van der Waals surface area contributed by atoms with Crippen molar-refractivity contribution in [3.05, 3.63) is 64.7 Å². The van der Waals surface area contributed by atoms with E-state index in [4.69, 9.17) is 0 Å². The minimum atomic E-state index is -4.37. The molecule has 2 saturated carbocycles. The molecule has 5 unspecified atom stereocenters. The van der Waals surface area contributed by atoms with Crippen LogP contribution in [0, 0.1) is 11.3 Å². The molecule has 0 aromatic heterocycles. The largest absolute Gasteiger partial charge is 0.481 e. The first-order chi connectivity index (χ1) is 16.6. The lowest BCUT2D eigenvalue weighted by molar-refractivity contribution is -0.140. The van der Waals surface area contributed by atoms with E-state index in [1.807, 2.05) is 0 Å². The Morgan fingerprint density at radius 1 is 1.14 bits per heavy atom. The number of rotatable bonds is 6. The van der Waals surface area contributed by atoms with E-state index < -0.39 is 17.7 Å². The molecule has 5 atom stereocenters. The van der Waals surface area contributed by atoms with Gasteiger partial charge in [0.25, 0.3) is 0 Å². The van der Waals surface area contributed by atoms with Crippen LogP contribution in [0.5, 0.6) is 0 Å². The molecule has 0 amide bonds. The molecular formula is C29H34F3NO2. The average Bonchev–Trinajstić information content (AvgIpc) is 3.43. The van der Waals surface area contributed by atoms with Gasteiger partial charge in [0.2, 0.25) is 0 Å². The number of benzene rings is 2. The number of fused-ring (bicyclic) bond motifs is 4. The Bertz CT molecular complexity index is 1110. The number of hydrogen-bond donors (Lipinski definition) is 1. The lowest BCUT2D eigenvalue weighted by Crippen LogP contribution is -2.47. The van der Waals surface area contributed by atoms with Crippen LogP contribution < -0.4 is 4.90 Å². The molecule has 3 nitrogen and oxygen atoms in total. The van der Waals surface area contributed by atoms with E-state index in [0.29, 0.717) is 12.3 Å². The van der Waals surface area contributed by atoms with Gasteiger partial charge in [0.1, 0.15) is 0 Å². The molecule has 1 N–H and O–H groups in total. The molecule has 0 saturated heterocycles. The summed E-state index contributed by atoms with van der Waals surface area (Å²) in [7, 11) is 0. The summed E-state index contributed by atoms with van der Waals surface area (Å²) in [5.41, 5.74) is 3.68. The highest BCUT2D eigenvalue weighted by atomic mass is 19.4. The SMILES string of the molecule is CCCC(c1ccc(C(F)(F)F)cc1)N1c2ccc(C(C)C)cc2C2CCCC3(CC3C(=O)O)C21. The highest BCUT2D eigenvalue weighted by Crippen LogP contribution is 2.69. The fourth-order valence-corrected chi connectivity index (χ4v) is 7.02. The Morgan fingerprint density at radius 2 is 1.83 bits per heavy atom. The van der Waals surface area contributed by atoms with Crippen LogP contribution in [0.2, 0.25) is 0 Å². The number of carboxylic acid groups (broad SMARTS) is 1. The molecule has 2 aromatic carbocycles. The smallest absolute Gasteiger partial charge is 0.416 e. The molecule has 6 heteroatoms. The fraction of sp³-hybridized carbons (Fsp3) is 0.552. The topological polar surface area (TPSA) is 40.5 Å². The van der Waals surface area contributed by atoms with Gasteiger partial charge in [-0.05, 0) is 66.5 Å². The van der Waals surface area contributed by atoms with Gasteiger partial charge in [0.15, 0.2) is 0 Å². The highest BCUT2D eigenvalue weighted by molar-refractivity contribution is 5.77. The van der Waals surface area contributed by atoms with Crippen LogP contribution in [0.1, 0.15) is 99.4 Å². The zero-order valence-electron chi connectivity index (χ0n) is 20.6. The first-order valence-electron chi connectivity index (χ1n) is 12.9. The number of hydrogen-bond acceptors (Lipinski definition) is 2. The molecule has 0 bridgehead atoms. The fourth-order valence-electron chi connectivity index (χ4n) is 7.02.